The van der Waals surface area contributed by atoms with Crippen molar-refractivity contribution < 1.29 is 8.91 Å². The molecule has 0 spiro atoms. The molecule has 0 saturated heterocycles. The molecule has 0 radical (unpaired) electrons. The van der Waals surface area contributed by atoms with Gasteiger partial charge in [-0.15, -0.1) is 0 Å². The Balaban J connectivity index is 1.47. The van der Waals surface area contributed by atoms with Crippen molar-refractivity contribution in [3.8, 4) is 11.4 Å². The fraction of sp³-hybridized carbons (Fsp3) is 0.222. The molecule has 1 aromatic heterocycles. The number of nitrogens with zero attached hydrogens (tertiary/aromatic N) is 3. The normalized spacial score (nSPS) is 14.7. The minimum atomic E-state index is -0.274. The van der Waals surface area contributed by atoms with Gasteiger partial charge in [0.1, 0.15) is 5.82 Å². The second kappa shape index (κ2) is 5.93. The van der Waals surface area contributed by atoms with E-state index in [-0.39, 0.29) is 5.82 Å². The number of aromatic nitrogens is 2. The SMILES string of the molecule is Fc1ccc(-c2noc(CN3CCc4ccccc4C3)n2)cc1. The molecule has 4 nitrogen and oxygen atoms in total. The van der Waals surface area contributed by atoms with Gasteiger partial charge < -0.3 is 4.52 Å². The highest BCUT2D eigenvalue weighted by atomic mass is 19.1. The number of hydrogen-bond acceptors (Lipinski definition) is 4. The van der Waals surface area contributed by atoms with Crippen molar-refractivity contribution in [1.29, 1.82) is 0 Å². The fourth-order valence-electron chi connectivity index (χ4n) is 2.92. The molecule has 0 N–H and O–H groups in total. The smallest absolute Gasteiger partial charge is 0.241 e. The quantitative estimate of drug-likeness (QED) is 0.743. The summed E-state index contributed by atoms with van der Waals surface area (Å²) in [6.45, 7) is 2.50. The van der Waals surface area contributed by atoms with Crippen LogP contribution in [0.4, 0.5) is 4.39 Å². The summed E-state index contributed by atoms with van der Waals surface area (Å²) in [4.78, 5) is 6.71. The molecule has 4 rings (SSSR count). The maximum absolute atomic E-state index is 13.0. The van der Waals surface area contributed by atoms with Crippen LogP contribution in [0.5, 0.6) is 0 Å². The highest BCUT2D eigenvalue weighted by Gasteiger charge is 2.18. The molecular weight excluding hydrogens is 293 g/mol. The van der Waals surface area contributed by atoms with E-state index in [2.05, 4.69) is 39.3 Å². The lowest BCUT2D eigenvalue weighted by atomic mass is 10.00. The van der Waals surface area contributed by atoms with E-state index in [0.29, 0.717) is 18.3 Å². The van der Waals surface area contributed by atoms with Gasteiger partial charge in [-0.05, 0) is 41.8 Å². The van der Waals surface area contributed by atoms with E-state index < -0.39 is 0 Å². The second-order valence-electron chi connectivity index (χ2n) is 5.75. The minimum absolute atomic E-state index is 0.274. The Kier molecular flexibility index (Phi) is 3.63. The van der Waals surface area contributed by atoms with Crippen LogP contribution in [0, 0.1) is 5.82 Å². The Morgan fingerprint density at radius 2 is 1.83 bits per heavy atom. The van der Waals surface area contributed by atoms with Gasteiger partial charge in [0.2, 0.25) is 11.7 Å². The molecule has 116 valence electrons. The van der Waals surface area contributed by atoms with E-state index in [4.69, 9.17) is 4.52 Å². The van der Waals surface area contributed by atoms with Crippen LogP contribution in [0.15, 0.2) is 53.1 Å². The molecular formula is C18H16FN3O. The number of halogens is 1. The monoisotopic (exact) mass is 309 g/mol. The largest absolute Gasteiger partial charge is 0.338 e. The predicted molar refractivity (Wildman–Crippen MR) is 84.0 cm³/mol. The summed E-state index contributed by atoms with van der Waals surface area (Å²) in [6, 6.07) is 14.6. The minimum Gasteiger partial charge on any atom is -0.338 e. The zero-order chi connectivity index (χ0) is 15.6. The van der Waals surface area contributed by atoms with Crippen LogP contribution < -0.4 is 0 Å². The molecule has 5 heteroatoms. The average molecular weight is 309 g/mol. The summed E-state index contributed by atoms with van der Waals surface area (Å²) in [7, 11) is 0. The molecule has 2 aromatic carbocycles. The Morgan fingerprint density at radius 1 is 1.04 bits per heavy atom. The van der Waals surface area contributed by atoms with Crippen LogP contribution in [0.1, 0.15) is 17.0 Å². The van der Waals surface area contributed by atoms with Crippen molar-refractivity contribution in [3.05, 3.63) is 71.4 Å². The Morgan fingerprint density at radius 3 is 2.65 bits per heavy atom. The first kappa shape index (κ1) is 14.1. The molecule has 0 aliphatic carbocycles. The van der Waals surface area contributed by atoms with Crippen LogP contribution in [-0.2, 0) is 19.5 Å². The summed E-state index contributed by atoms with van der Waals surface area (Å²) in [6.07, 6.45) is 1.04. The highest BCUT2D eigenvalue weighted by Crippen LogP contribution is 2.21. The number of benzene rings is 2. The number of rotatable bonds is 3. The van der Waals surface area contributed by atoms with Crippen LogP contribution in [0.3, 0.4) is 0 Å². The summed E-state index contributed by atoms with van der Waals surface area (Å²) >= 11 is 0. The zero-order valence-corrected chi connectivity index (χ0v) is 12.6. The second-order valence-corrected chi connectivity index (χ2v) is 5.75. The van der Waals surface area contributed by atoms with E-state index in [0.717, 1.165) is 25.1 Å². The molecule has 2 heterocycles. The van der Waals surface area contributed by atoms with E-state index >= 15 is 0 Å². The first-order valence-corrected chi connectivity index (χ1v) is 7.65. The van der Waals surface area contributed by atoms with Crippen LogP contribution in [0.2, 0.25) is 0 Å². The fourth-order valence-corrected chi connectivity index (χ4v) is 2.92. The lowest BCUT2D eigenvalue weighted by molar-refractivity contribution is 0.210. The van der Waals surface area contributed by atoms with Gasteiger partial charge in [0, 0.05) is 18.7 Å². The Bertz CT molecular complexity index is 813. The Hall–Kier alpha value is -2.53. The van der Waals surface area contributed by atoms with Crippen LogP contribution >= 0.6 is 0 Å². The number of hydrogen-bond donors (Lipinski definition) is 0. The van der Waals surface area contributed by atoms with Gasteiger partial charge in [0.25, 0.3) is 0 Å². The van der Waals surface area contributed by atoms with Crippen LogP contribution in [-0.4, -0.2) is 21.6 Å². The summed E-state index contributed by atoms with van der Waals surface area (Å²) < 4.78 is 18.3. The third kappa shape index (κ3) is 3.00. The van der Waals surface area contributed by atoms with Crippen molar-refractivity contribution >= 4 is 0 Å². The predicted octanol–water partition coefficient (Wildman–Crippen LogP) is 3.43. The summed E-state index contributed by atoms with van der Waals surface area (Å²) in [5, 5.41) is 3.99. The van der Waals surface area contributed by atoms with E-state index in [9.17, 15) is 4.39 Å². The molecule has 1 aliphatic rings. The molecule has 0 saturated carbocycles. The average Bonchev–Trinajstić information content (AvgIpc) is 3.04. The Labute approximate surface area is 133 Å². The molecule has 0 fully saturated rings. The molecule has 1 aliphatic heterocycles. The van der Waals surface area contributed by atoms with Gasteiger partial charge in [-0.2, -0.15) is 4.98 Å². The molecule has 3 aromatic rings. The van der Waals surface area contributed by atoms with Crippen molar-refractivity contribution in [3.63, 3.8) is 0 Å². The standard InChI is InChI=1S/C18H16FN3O/c19-16-7-5-14(6-8-16)18-20-17(23-21-18)12-22-10-9-13-3-1-2-4-15(13)11-22/h1-8H,9-12H2. The van der Waals surface area contributed by atoms with Crippen molar-refractivity contribution in [2.24, 2.45) is 0 Å². The molecule has 0 bridgehead atoms. The van der Waals surface area contributed by atoms with E-state index in [1.807, 2.05) is 0 Å². The third-order valence-electron chi connectivity index (χ3n) is 4.14. The van der Waals surface area contributed by atoms with Gasteiger partial charge in [-0.3, -0.25) is 4.90 Å². The van der Waals surface area contributed by atoms with Crippen molar-refractivity contribution in [1.82, 2.24) is 15.0 Å². The maximum atomic E-state index is 13.0. The van der Waals surface area contributed by atoms with Gasteiger partial charge in [0.05, 0.1) is 6.54 Å². The van der Waals surface area contributed by atoms with Gasteiger partial charge in [-0.1, -0.05) is 29.4 Å². The summed E-state index contributed by atoms with van der Waals surface area (Å²) in [5.74, 6) is 0.811. The maximum Gasteiger partial charge on any atom is 0.241 e. The lowest BCUT2D eigenvalue weighted by Crippen LogP contribution is -2.30. The lowest BCUT2D eigenvalue weighted by Gasteiger charge is -2.27. The molecule has 0 unspecified atom stereocenters. The summed E-state index contributed by atoms with van der Waals surface area (Å²) in [5.41, 5.74) is 3.53. The van der Waals surface area contributed by atoms with Gasteiger partial charge >= 0.3 is 0 Å². The van der Waals surface area contributed by atoms with Crippen molar-refractivity contribution in [2.45, 2.75) is 19.5 Å². The number of fused-ring (bicyclic) bond motifs is 1. The molecule has 0 atom stereocenters. The zero-order valence-electron chi connectivity index (χ0n) is 12.6. The topological polar surface area (TPSA) is 42.2 Å². The molecule has 0 amide bonds. The highest BCUT2D eigenvalue weighted by molar-refractivity contribution is 5.53. The first-order valence-electron chi connectivity index (χ1n) is 7.65. The van der Waals surface area contributed by atoms with E-state index in [1.165, 1.54) is 23.3 Å². The first-order chi connectivity index (χ1) is 11.3. The van der Waals surface area contributed by atoms with Gasteiger partial charge in [-0.25, -0.2) is 4.39 Å². The third-order valence-corrected chi connectivity index (χ3v) is 4.14. The molecule has 23 heavy (non-hydrogen) atoms. The van der Waals surface area contributed by atoms with E-state index in [1.54, 1.807) is 12.1 Å². The van der Waals surface area contributed by atoms with Gasteiger partial charge in [0.15, 0.2) is 0 Å². The van der Waals surface area contributed by atoms with Crippen LogP contribution in [0.25, 0.3) is 11.4 Å². The van der Waals surface area contributed by atoms with Crippen molar-refractivity contribution in [2.75, 3.05) is 6.54 Å².